The van der Waals surface area contributed by atoms with Crippen molar-refractivity contribution < 1.29 is 98.8 Å². The van der Waals surface area contributed by atoms with Crippen LogP contribution in [0.2, 0.25) is 0 Å². The second kappa shape index (κ2) is 20.1. The first-order chi connectivity index (χ1) is 31.2. The zero-order valence-electron chi connectivity index (χ0n) is 38.5. The molecule has 0 amide bonds. The molecule has 4 aliphatic carbocycles. The summed E-state index contributed by atoms with van der Waals surface area (Å²) in [6, 6.07) is 0. The fourth-order valence-corrected chi connectivity index (χ4v) is 12.7. The first-order valence-electron chi connectivity index (χ1n) is 23.8. The molecule has 0 bridgehead atoms. The van der Waals surface area contributed by atoms with Crippen molar-refractivity contribution in [3.05, 3.63) is 23.3 Å². The molecular formula is C46H74O20. The molecule has 8 rings (SSSR count). The summed E-state index contributed by atoms with van der Waals surface area (Å²) in [5.74, 6) is 0.740. The van der Waals surface area contributed by atoms with Gasteiger partial charge in [-0.05, 0) is 94.3 Å². The molecule has 2 saturated carbocycles. The predicted molar refractivity (Wildman–Crippen MR) is 225 cm³/mol. The fourth-order valence-electron chi connectivity index (χ4n) is 12.7. The molecule has 11 N–H and O–H groups in total. The lowest BCUT2D eigenvalue weighted by Crippen LogP contribution is -2.64. The monoisotopic (exact) mass is 946 g/mol. The maximum absolute atomic E-state index is 11.5. The van der Waals surface area contributed by atoms with E-state index in [0.717, 1.165) is 38.5 Å². The second-order valence-electron chi connectivity index (χ2n) is 20.6. The quantitative estimate of drug-likeness (QED) is 0.0966. The van der Waals surface area contributed by atoms with E-state index in [-0.39, 0.29) is 29.5 Å². The molecular weight excluding hydrogens is 872 g/mol. The molecule has 0 radical (unpaired) electrons. The van der Waals surface area contributed by atoms with E-state index < -0.39 is 136 Å². The highest BCUT2D eigenvalue weighted by atomic mass is 16.8. The standard InChI is InChI=1S/C46H74O20/c1-18(60-42-36(55)34(53)31(50)28(65-42)17-59-41-35(54)32(51)29(48)19(2)61-41)24-9-10-25-23-8-7-21-15-22(11-13-45(21,4)26(23)12-14-46(24,25)5)63-44-38(57)40(58-6)39(20(3)62-44)66-43-37(56)33(52)30(49)27(16-47)64-43/h7,10,18-20,22-24,26-44,47-57H,8-9,11-17H2,1-6H3. The normalized spacial score (nSPS) is 53.5. The van der Waals surface area contributed by atoms with Crippen LogP contribution in [-0.2, 0) is 42.6 Å². The largest absolute Gasteiger partial charge is 0.394 e. The minimum Gasteiger partial charge on any atom is -0.394 e. The highest BCUT2D eigenvalue weighted by Crippen LogP contribution is 2.65. The van der Waals surface area contributed by atoms with E-state index in [1.165, 1.54) is 25.2 Å². The minimum absolute atomic E-state index is 0.0351. The predicted octanol–water partition coefficient (Wildman–Crippen LogP) is -1.77. The zero-order chi connectivity index (χ0) is 47.7. The van der Waals surface area contributed by atoms with Crippen LogP contribution in [0.15, 0.2) is 23.3 Å². The van der Waals surface area contributed by atoms with Crippen LogP contribution in [0.5, 0.6) is 0 Å². The Morgan fingerprint density at radius 2 is 1.24 bits per heavy atom. The first kappa shape index (κ1) is 51.0. The van der Waals surface area contributed by atoms with Gasteiger partial charge in [-0.15, -0.1) is 0 Å². The first-order valence-corrected chi connectivity index (χ1v) is 23.8. The number of fused-ring (bicyclic) bond motifs is 5. The van der Waals surface area contributed by atoms with Gasteiger partial charge in [0.25, 0.3) is 0 Å². The van der Waals surface area contributed by atoms with Gasteiger partial charge in [-0.3, -0.25) is 0 Å². The molecule has 0 aromatic rings. The molecule has 6 fully saturated rings. The third-order valence-electron chi connectivity index (χ3n) is 16.8. The Hall–Kier alpha value is -1.32. The zero-order valence-corrected chi connectivity index (χ0v) is 38.5. The Kier molecular flexibility index (Phi) is 15.5. The highest BCUT2D eigenvalue weighted by Gasteiger charge is 2.58. The number of hydrogen-bond acceptors (Lipinski definition) is 20. The lowest BCUT2D eigenvalue weighted by Gasteiger charge is -2.57. The molecule has 378 valence electrons. The molecule has 4 heterocycles. The van der Waals surface area contributed by atoms with Crippen molar-refractivity contribution >= 4 is 0 Å². The topological polar surface area (TPSA) is 306 Å². The SMILES string of the molecule is COC1C(O)C(OC2CCC3(C)C(=CCC4C5=CCC(C(C)OC6OC(COC7OC(C)C(O)C(O)C7O)C(O)C(O)C6O)C5(C)CCC43)C2)OC(C)C1OC1OC(CO)C(O)C(O)C1O. The second-order valence-corrected chi connectivity index (χ2v) is 20.6. The van der Waals surface area contributed by atoms with E-state index in [2.05, 4.69) is 26.0 Å². The summed E-state index contributed by atoms with van der Waals surface area (Å²) in [5, 5.41) is 115. The van der Waals surface area contributed by atoms with Gasteiger partial charge >= 0.3 is 0 Å². The minimum atomic E-state index is -1.63. The van der Waals surface area contributed by atoms with Crippen molar-refractivity contribution in [2.75, 3.05) is 20.3 Å². The summed E-state index contributed by atoms with van der Waals surface area (Å²) >= 11 is 0. The van der Waals surface area contributed by atoms with Crippen molar-refractivity contribution in [3.8, 4) is 0 Å². The number of rotatable bonds is 12. The summed E-state index contributed by atoms with van der Waals surface area (Å²) in [6.45, 7) is 8.84. The average Bonchev–Trinajstić information content (AvgIpc) is 3.66. The third kappa shape index (κ3) is 9.12. The van der Waals surface area contributed by atoms with Gasteiger partial charge in [-0.2, -0.15) is 0 Å². The average molecular weight is 947 g/mol. The molecule has 27 unspecified atom stereocenters. The third-order valence-corrected chi connectivity index (χ3v) is 16.8. The van der Waals surface area contributed by atoms with Crippen molar-refractivity contribution in [3.63, 3.8) is 0 Å². The van der Waals surface area contributed by atoms with Crippen LogP contribution in [0.1, 0.15) is 79.6 Å². The Morgan fingerprint density at radius 1 is 0.636 bits per heavy atom. The van der Waals surface area contributed by atoms with Gasteiger partial charge in [0.05, 0.1) is 37.6 Å². The Balaban J connectivity index is 0.868. The lowest BCUT2D eigenvalue weighted by molar-refractivity contribution is -0.361. The number of hydrogen-bond donors (Lipinski definition) is 11. The van der Waals surface area contributed by atoms with Crippen LogP contribution in [0.4, 0.5) is 0 Å². The van der Waals surface area contributed by atoms with Gasteiger partial charge in [0.15, 0.2) is 25.2 Å². The van der Waals surface area contributed by atoms with Gasteiger partial charge in [0.2, 0.25) is 0 Å². The molecule has 66 heavy (non-hydrogen) atoms. The van der Waals surface area contributed by atoms with E-state index in [4.69, 9.17) is 42.6 Å². The Bertz CT molecular complexity index is 1720. The van der Waals surface area contributed by atoms with E-state index in [1.54, 1.807) is 6.92 Å². The summed E-state index contributed by atoms with van der Waals surface area (Å²) < 4.78 is 53.5. The van der Waals surface area contributed by atoms with Crippen LogP contribution in [0.25, 0.3) is 0 Å². The Labute approximate surface area is 384 Å². The molecule has 27 atom stereocenters. The molecule has 20 nitrogen and oxygen atoms in total. The maximum atomic E-state index is 11.5. The van der Waals surface area contributed by atoms with Crippen LogP contribution in [0, 0.1) is 28.6 Å². The van der Waals surface area contributed by atoms with Crippen LogP contribution in [-0.4, -0.2) is 212 Å². The molecule has 20 heteroatoms. The van der Waals surface area contributed by atoms with Crippen LogP contribution < -0.4 is 0 Å². The van der Waals surface area contributed by atoms with Gasteiger partial charge in [0, 0.05) is 7.11 Å². The summed E-state index contributed by atoms with van der Waals surface area (Å²) in [7, 11) is 1.41. The molecule has 0 aromatic carbocycles. The van der Waals surface area contributed by atoms with Crippen molar-refractivity contribution in [1.82, 2.24) is 0 Å². The lowest BCUT2D eigenvalue weighted by atomic mass is 9.48. The summed E-state index contributed by atoms with van der Waals surface area (Å²) in [4.78, 5) is 0. The molecule has 0 aromatic heterocycles. The van der Waals surface area contributed by atoms with E-state index in [0.29, 0.717) is 18.3 Å². The number of ether oxygens (including phenoxy) is 9. The van der Waals surface area contributed by atoms with Crippen LogP contribution in [0.3, 0.4) is 0 Å². The van der Waals surface area contributed by atoms with Crippen LogP contribution >= 0.6 is 0 Å². The van der Waals surface area contributed by atoms with E-state index in [1.807, 2.05) is 6.92 Å². The molecule has 4 aliphatic heterocycles. The van der Waals surface area contributed by atoms with E-state index in [9.17, 15) is 56.2 Å². The van der Waals surface area contributed by atoms with Gasteiger partial charge in [-0.1, -0.05) is 37.1 Å². The number of methoxy groups -OCH3 is 1. The Morgan fingerprint density at radius 3 is 1.94 bits per heavy atom. The number of aliphatic hydroxyl groups excluding tert-OH is 11. The van der Waals surface area contributed by atoms with Gasteiger partial charge in [0.1, 0.15) is 85.5 Å². The van der Waals surface area contributed by atoms with Gasteiger partial charge < -0.3 is 98.8 Å². The van der Waals surface area contributed by atoms with Gasteiger partial charge in [-0.25, -0.2) is 0 Å². The molecule has 4 saturated heterocycles. The molecule has 0 spiro atoms. The number of allylic oxidation sites excluding steroid dienone is 3. The van der Waals surface area contributed by atoms with Crippen molar-refractivity contribution in [1.29, 1.82) is 0 Å². The highest BCUT2D eigenvalue weighted by molar-refractivity contribution is 5.35. The summed E-state index contributed by atoms with van der Waals surface area (Å²) in [6.07, 6.45) is -16.3. The van der Waals surface area contributed by atoms with Crippen molar-refractivity contribution in [2.24, 2.45) is 28.6 Å². The van der Waals surface area contributed by atoms with E-state index >= 15 is 0 Å². The fraction of sp³-hybridized carbons (Fsp3) is 0.913. The maximum Gasteiger partial charge on any atom is 0.187 e. The number of aliphatic hydroxyl groups is 11. The molecule has 8 aliphatic rings. The smallest absolute Gasteiger partial charge is 0.187 e. The summed E-state index contributed by atoms with van der Waals surface area (Å²) in [5.41, 5.74) is 2.46. The van der Waals surface area contributed by atoms with Crippen molar-refractivity contribution in [2.45, 2.75) is 215 Å².